The number of para-hydroxylation sites is 1. The maximum Gasteiger partial charge on any atom is 0.194 e. The van der Waals surface area contributed by atoms with Crippen molar-refractivity contribution in [2.75, 3.05) is 0 Å². The summed E-state index contributed by atoms with van der Waals surface area (Å²) in [5.74, 6) is 1.42. The first-order valence-electron chi connectivity index (χ1n) is 11.6. The highest BCUT2D eigenvalue weighted by Crippen LogP contribution is 2.35. The van der Waals surface area contributed by atoms with Crippen LogP contribution >= 0.6 is 0 Å². The van der Waals surface area contributed by atoms with Gasteiger partial charge in [-0.3, -0.25) is 0 Å². The lowest BCUT2D eigenvalue weighted by molar-refractivity contribution is -0.00131. The van der Waals surface area contributed by atoms with E-state index in [1.807, 2.05) is 12.1 Å². The van der Waals surface area contributed by atoms with E-state index < -0.39 is 6.29 Å². The molecule has 0 aromatic heterocycles. The molecule has 1 N–H and O–H groups in total. The Balaban J connectivity index is 2.58. The average molecular weight is 377 g/mol. The molecule has 0 spiro atoms. The standard InChI is InChI=1S/C25H44O2/c1-4-6-8-10-12-14-18-23(19-15-13-11-9-7-5-2)24-20-16-17-21-25(24)27-22(3)26/h16-17,20-23,26H,4-15,18-19H2,1-3H3. The maximum atomic E-state index is 9.68. The molecule has 0 saturated heterocycles. The van der Waals surface area contributed by atoms with Crippen LogP contribution in [0.4, 0.5) is 0 Å². The minimum Gasteiger partial charge on any atom is -0.465 e. The Labute approximate surface area is 168 Å². The number of unbranched alkanes of at least 4 members (excludes halogenated alkanes) is 10. The zero-order valence-electron chi connectivity index (χ0n) is 18.2. The predicted molar refractivity (Wildman–Crippen MR) is 117 cm³/mol. The zero-order valence-corrected chi connectivity index (χ0v) is 18.2. The van der Waals surface area contributed by atoms with Crippen molar-refractivity contribution in [1.29, 1.82) is 0 Å². The summed E-state index contributed by atoms with van der Waals surface area (Å²) in [6, 6.07) is 8.33. The number of hydrogen-bond acceptors (Lipinski definition) is 2. The fraction of sp³-hybridized carbons (Fsp3) is 0.760. The quantitative estimate of drug-likeness (QED) is 0.220. The molecule has 0 aliphatic carbocycles. The van der Waals surface area contributed by atoms with Gasteiger partial charge in [0.05, 0.1) is 0 Å². The van der Waals surface area contributed by atoms with Gasteiger partial charge in [-0.25, -0.2) is 0 Å². The molecule has 0 fully saturated rings. The van der Waals surface area contributed by atoms with Crippen LogP contribution in [0.15, 0.2) is 24.3 Å². The van der Waals surface area contributed by atoms with Crippen LogP contribution in [0.2, 0.25) is 0 Å². The fourth-order valence-corrected chi connectivity index (χ4v) is 3.91. The largest absolute Gasteiger partial charge is 0.465 e. The highest BCUT2D eigenvalue weighted by Gasteiger charge is 2.16. The van der Waals surface area contributed by atoms with Crippen LogP contribution in [-0.2, 0) is 0 Å². The first-order chi connectivity index (χ1) is 13.2. The third kappa shape index (κ3) is 11.4. The topological polar surface area (TPSA) is 29.5 Å². The monoisotopic (exact) mass is 376 g/mol. The molecule has 1 rings (SSSR count). The summed E-state index contributed by atoms with van der Waals surface area (Å²) in [6.07, 6.45) is 17.8. The van der Waals surface area contributed by atoms with Crippen LogP contribution in [0.25, 0.3) is 0 Å². The number of hydrogen-bond donors (Lipinski definition) is 1. The first kappa shape index (κ1) is 24.0. The van der Waals surface area contributed by atoms with Crippen LogP contribution in [0, 0.1) is 0 Å². The molecule has 0 radical (unpaired) electrons. The van der Waals surface area contributed by atoms with E-state index in [1.165, 1.54) is 95.5 Å². The molecule has 1 aromatic carbocycles. The highest BCUT2D eigenvalue weighted by atomic mass is 16.6. The van der Waals surface area contributed by atoms with Crippen LogP contribution in [-0.4, -0.2) is 11.4 Å². The molecular weight excluding hydrogens is 332 g/mol. The van der Waals surface area contributed by atoms with Gasteiger partial charge in [0.15, 0.2) is 6.29 Å². The van der Waals surface area contributed by atoms with Crippen LogP contribution in [0.3, 0.4) is 0 Å². The summed E-state index contributed by atoms with van der Waals surface area (Å²) in [6.45, 7) is 6.23. The van der Waals surface area contributed by atoms with E-state index in [0.717, 1.165) is 5.75 Å². The minimum absolute atomic E-state index is 0.553. The van der Waals surface area contributed by atoms with Crippen molar-refractivity contribution in [3.8, 4) is 5.75 Å². The van der Waals surface area contributed by atoms with Gasteiger partial charge in [0, 0.05) is 0 Å². The zero-order chi connectivity index (χ0) is 19.7. The second-order valence-electron chi connectivity index (χ2n) is 8.06. The van der Waals surface area contributed by atoms with Gasteiger partial charge in [0.25, 0.3) is 0 Å². The third-order valence-electron chi connectivity index (χ3n) is 5.47. The summed E-state index contributed by atoms with van der Waals surface area (Å²) in [5.41, 5.74) is 1.29. The number of aliphatic hydroxyl groups is 1. The average Bonchev–Trinajstić information content (AvgIpc) is 2.65. The third-order valence-corrected chi connectivity index (χ3v) is 5.47. The Hall–Kier alpha value is -1.02. The fourth-order valence-electron chi connectivity index (χ4n) is 3.91. The van der Waals surface area contributed by atoms with Crippen molar-refractivity contribution < 1.29 is 9.84 Å². The predicted octanol–water partition coefficient (Wildman–Crippen LogP) is 7.99. The molecule has 0 bridgehead atoms. The normalized spacial score (nSPS) is 12.5. The van der Waals surface area contributed by atoms with Crippen molar-refractivity contribution in [1.82, 2.24) is 0 Å². The van der Waals surface area contributed by atoms with Gasteiger partial charge in [-0.2, -0.15) is 0 Å². The molecule has 0 heterocycles. The summed E-state index contributed by atoms with van der Waals surface area (Å²) in [5, 5.41) is 9.68. The molecule has 27 heavy (non-hydrogen) atoms. The van der Waals surface area contributed by atoms with E-state index >= 15 is 0 Å². The Bertz CT molecular complexity index is 439. The molecule has 1 unspecified atom stereocenters. The smallest absolute Gasteiger partial charge is 0.194 e. The minimum atomic E-state index is -0.755. The van der Waals surface area contributed by atoms with Crippen molar-refractivity contribution in [3.05, 3.63) is 29.8 Å². The highest BCUT2D eigenvalue weighted by molar-refractivity contribution is 5.36. The van der Waals surface area contributed by atoms with Gasteiger partial charge in [0.1, 0.15) is 5.75 Å². The van der Waals surface area contributed by atoms with Crippen molar-refractivity contribution in [3.63, 3.8) is 0 Å². The molecule has 2 nitrogen and oxygen atoms in total. The second-order valence-corrected chi connectivity index (χ2v) is 8.06. The van der Waals surface area contributed by atoms with Gasteiger partial charge in [-0.05, 0) is 37.3 Å². The SMILES string of the molecule is CCCCCCCCC(CCCCCCCC)c1ccccc1OC(C)O. The number of benzene rings is 1. The Morgan fingerprint density at radius 3 is 1.74 bits per heavy atom. The van der Waals surface area contributed by atoms with E-state index in [4.69, 9.17) is 4.74 Å². The molecule has 2 heteroatoms. The second kappa shape index (κ2) is 16.0. The summed E-state index contributed by atoms with van der Waals surface area (Å²) < 4.78 is 5.70. The van der Waals surface area contributed by atoms with Gasteiger partial charge >= 0.3 is 0 Å². The van der Waals surface area contributed by atoms with Gasteiger partial charge in [-0.1, -0.05) is 109 Å². The van der Waals surface area contributed by atoms with Crippen molar-refractivity contribution >= 4 is 0 Å². The summed E-state index contributed by atoms with van der Waals surface area (Å²) in [4.78, 5) is 0. The Morgan fingerprint density at radius 1 is 0.741 bits per heavy atom. The van der Waals surface area contributed by atoms with Gasteiger partial charge in [-0.15, -0.1) is 0 Å². The molecule has 0 saturated carbocycles. The lowest BCUT2D eigenvalue weighted by atomic mass is 9.87. The van der Waals surface area contributed by atoms with Crippen molar-refractivity contribution in [2.45, 2.75) is 123 Å². The van der Waals surface area contributed by atoms with E-state index in [9.17, 15) is 5.11 Å². The van der Waals surface area contributed by atoms with Gasteiger partial charge < -0.3 is 9.84 Å². The van der Waals surface area contributed by atoms with E-state index in [2.05, 4.69) is 26.0 Å². The van der Waals surface area contributed by atoms with Gasteiger partial charge in [0.2, 0.25) is 0 Å². The molecular formula is C25H44O2. The Kier molecular flexibility index (Phi) is 14.2. The molecule has 0 aliphatic heterocycles. The van der Waals surface area contributed by atoms with E-state index in [0.29, 0.717) is 5.92 Å². The van der Waals surface area contributed by atoms with E-state index in [1.54, 1.807) is 6.92 Å². The van der Waals surface area contributed by atoms with Crippen LogP contribution in [0.1, 0.15) is 122 Å². The maximum absolute atomic E-state index is 9.68. The van der Waals surface area contributed by atoms with Crippen LogP contribution < -0.4 is 4.74 Å². The van der Waals surface area contributed by atoms with Crippen LogP contribution in [0.5, 0.6) is 5.75 Å². The number of rotatable bonds is 17. The summed E-state index contributed by atoms with van der Waals surface area (Å²) >= 11 is 0. The number of aliphatic hydroxyl groups excluding tert-OH is 1. The van der Waals surface area contributed by atoms with Crippen molar-refractivity contribution in [2.24, 2.45) is 0 Å². The summed E-state index contributed by atoms with van der Waals surface area (Å²) in [7, 11) is 0. The molecule has 0 aliphatic rings. The Morgan fingerprint density at radius 2 is 1.22 bits per heavy atom. The lowest BCUT2D eigenvalue weighted by Crippen LogP contribution is -2.12. The molecule has 156 valence electrons. The first-order valence-corrected chi connectivity index (χ1v) is 11.6. The molecule has 1 aromatic rings. The number of ether oxygens (including phenoxy) is 1. The van der Waals surface area contributed by atoms with E-state index in [-0.39, 0.29) is 0 Å². The molecule has 0 amide bonds. The molecule has 1 atom stereocenters. The lowest BCUT2D eigenvalue weighted by Gasteiger charge is -2.22.